The Labute approximate surface area is 127 Å². The Kier molecular flexibility index (Phi) is 2.99. The predicted molar refractivity (Wildman–Crippen MR) is 78.7 cm³/mol. The first-order chi connectivity index (χ1) is 10.7. The van der Waals surface area contributed by atoms with E-state index in [1.54, 1.807) is 12.1 Å². The lowest BCUT2D eigenvalue weighted by Crippen LogP contribution is -2.45. The summed E-state index contributed by atoms with van der Waals surface area (Å²) in [6, 6.07) is 3.45. The molecule has 3 atom stereocenters. The smallest absolute Gasteiger partial charge is 0.179 e. The van der Waals surface area contributed by atoms with Gasteiger partial charge in [-0.1, -0.05) is 12.8 Å². The molecule has 1 aromatic rings. The lowest BCUT2D eigenvalue weighted by Gasteiger charge is -2.39. The van der Waals surface area contributed by atoms with Gasteiger partial charge in [0.25, 0.3) is 0 Å². The van der Waals surface area contributed by atoms with Crippen LogP contribution in [0.25, 0.3) is 5.57 Å². The van der Waals surface area contributed by atoms with Crippen molar-refractivity contribution in [2.45, 2.75) is 25.7 Å². The molecule has 0 saturated heterocycles. The summed E-state index contributed by atoms with van der Waals surface area (Å²) in [5, 5.41) is 0. The molecule has 1 aromatic heterocycles. The van der Waals surface area contributed by atoms with Crippen molar-refractivity contribution in [3.63, 3.8) is 0 Å². The molecule has 112 valence electrons. The van der Waals surface area contributed by atoms with Crippen molar-refractivity contribution in [2.75, 3.05) is 0 Å². The monoisotopic (exact) mass is 296 g/mol. The van der Waals surface area contributed by atoms with E-state index in [0.29, 0.717) is 16.9 Å². The van der Waals surface area contributed by atoms with Crippen LogP contribution in [-0.4, -0.2) is 17.3 Å². The zero-order valence-corrected chi connectivity index (χ0v) is 12.1. The number of ketones is 3. The van der Waals surface area contributed by atoms with Gasteiger partial charge in [-0.2, -0.15) is 0 Å². The van der Waals surface area contributed by atoms with Crippen LogP contribution in [-0.2, 0) is 14.4 Å². The maximum absolute atomic E-state index is 13.0. The molecule has 2 fully saturated rings. The van der Waals surface area contributed by atoms with Crippen molar-refractivity contribution in [1.82, 2.24) is 0 Å². The molecule has 3 aliphatic carbocycles. The van der Waals surface area contributed by atoms with E-state index < -0.39 is 5.92 Å². The molecule has 4 rings (SSSR count). The lowest BCUT2D eigenvalue weighted by atomic mass is 9.61. The summed E-state index contributed by atoms with van der Waals surface area (Å²) in [6.45, 7) is 0. The van der Waals surface area contributed by atoms with Gasteiger partial charge in [0, 0.05) is 23.0 Å². The number of hydrogen-bond acceptors (Lipinski definition) is 4. The van der Waals surface area contributed by atoms with Gasteiger partial charge in [0.05, 0.1) is 12.2 Å². The van der Waals surface area contributed by atoms with Gasteiger partial charge in [-0.3, -0.25) is 14.4 Å². The summed E-state index contributed by atoms with van der Waals surface area (Å²) in [5.74, 6) is -0.740. The van der Waals surface area contributed by atoms with E-state index >= 15 is 0 Å². The van der Waals surface area contributed by atoms with E-state index in [1.165, 1.54) is 18.4 Å². The quantitative estimate of drug-likeness (QED) is 0.799. The van der Waals surface area contributed by atoms with Crippen LogP contribution in [0, 0.1) is 17.8 Å². The third-order valence-corrected chi connectivity index (χ3v) is 5.06. The van der Waals surface area contributed by atoms with Gasteiger partial charge in [-0.25, -0.2) is 0 Å². The topological polar surface area (TPSA) is 64.3 Å². The number of carbonyl (C=O) groups excluding carboxylic acids is 3. The van der Waals surface area contributed by atoms with Crippen LogP contribution < -0.4 is 0 Å². The van der Waals surface area contributed by atoms with Crippen molar-refractivity contribution < 1.29 is 18.8 Å². The van der Waals surface area contributed by atoms with Gasteiger partial charge in [-0.05, 0) is 37.1 Å². The van der Waals surface area contributed by atoms with Gasteiger partial charge in [0.15, 0.2) is 11.6 Å². The van der Waals surface area contributed by atoms with Crippen molar-refractivity contribution in [3.05, 3.63) is 41.9 Å². The molecular weight excluding hydrogens is 280 g/mol. The number of furan rings is 1. The van der Waals surface area contributed by atoms with E-state index in [4.69, 9.17) is 4.42 Å². The van der Waals surface area contributed by atoms with Crippen molar-refractivity contribution in [1.29, 1.82) is 0 Å². The van der Waals surface area contributed by atoms with Crippen LogP contribution in [0.4, 0.5) is 0 Å². The van der Waals surface area contributed by atoms with Crippen LogP contribution >= 0.6 is 0 Å². The first-order valence-electron chi connectivity index (χ1n) is 7.76. The first kappa shape index (κ1) is 13.4. The van der Waals surface area contributed by atoms with E-state index in [2.05, 4.69) is 0 Å². The number of fused-ring (bicyclic) bond motifs is 2. The molecule has 0 aliphatic heterocycles. The molecule has 0 amide bonds. The minimum Gasteiger partial charge on any atom is -0.465 e. The average molecular weight is 296 g/mol. The van der Waals surface area contributed by atoms with Gasteiger partial charge in [0.1, 0.15) is 11.5 Å². The minimum atomic E-state index is -0.629. The summed E-state index contributed by atoms with van der Waals surface area (Å²) < 4.78 is 5.38. The lowest BCUT2D eigenvalue weighted by molar-refractivity contribution is -0.137. The molecule has 0 radical (unpaired) electrons. The second-order valence-corrected chi connectivity index (χ2v) is 6.28. The van der Waals surface area contributed by atoms with Gasteiger partial charge < -0.3 is 4.42 Å². The zero-order chi connectivity index (χ0) is 15.3. The number of rotatable bonds is 1. The summed E-state index contributed by atoms with van der Waals surface area (Å²) in [7, 11) is 0. The highest BCUT2D eigenvalue weighted by Gasteiger charge is 2.49. The fourth-order valence-electron chi connectivity index (χ4n) is 4.07. The third-order valence-electron chi connectivity index (χ3n) is 5.06. The average Bonchev–Trinajstić information content (AvgIpc) is 3.06. The van der Waals surface area contributed by atoms with E-state index in [-0.39, 0.29) is 29.2 Å². The number of allylic oxidation sites excluding steroid dienone is 4. The maximum Gasteiger partial charge on any atom is 0.179 e. The Bertz CT molecular complexity index is 720. The number of carbonyl (C=O) groups is 3. The molecule has 3 aliphatic rings. The summed E-state index contributed by atoms with van der Waals surface area (Å²) in [4.78, 5) is 37.7. The molecule has 2 saturated carbocycles. The van der Waals surface area contributed by atoms with Crippen LogP contribution in [0.5, 0.6) is 0 Å². The summed E-state index contributed by atoms with van der Waals surface area (Å²) >= 11 is 0. The number of hydrogen-bond donors (Lipinski definition) is 0. The normalized spacial score (nSPS) is 31.3. The Balaban J connectivity index is 1.82. The third kappa shape index (κ3) is 1.86. The predicted octanol–water partition coefficient (Wildman–Crippen LogP) is 2.75. The highest BCUT2D eigenvalue weighted by molar-refractivity contribution is 6.22. The molecule has 22 heavy (non-hydrogen) atoms. The van der Waals surface area contributed by atoms with Crippen LogP contribution in [0.15, 0.2) is 40.5 Å². The number of Topliss-reactive ketones (excluding diaryl/α,β-unsaturated/α-hetero) is 2. The van der Waals surface area contributed by atoms with Gasteiger partial charge >= 0.3 is 0 Å². The second-order valence-electron chi connectivity index (χ2n) is 6.28. The van der Waals surface area contributed by atoms with Crippen LogP contribution in [0.3, 0.4) is 0 Å². The minimum absolute atomic E-state index is 0.0141. The molecule has 4 nitrogen and oxygen atoms in total. The Morgan fingerprint density at radius 1 is 0.955 bits per heavy atom. The standard InChI is InChI=1S/C18H16O4/c19-10-8-13(15-6-3-7-22-15)16-14(9-10)17(20)11-4-1-2-5-12(11)18(16)21/h3,6-9,11-12,16H,1-2,4-5H2. The summed E-state index contributed by atoms with van der Waals surface area (Å²) in [6.07, 6.45) is 7.80. The Morgan fingerprint density at radius 3 is 2.41 bits per heavy atom. The maximum atomic E-state index is 13.0. The molecule has 4 heteroatoms. The summed E-state index contributed by atoms with van der Waals surface area (Å²) in [5.41, 5.74) is 0.905. The van der Waals surface area contributed by atoms with Crippen LogP contribution in [0.2, 0.25) is 0 Å². The fourth-order valence-corrected chi connectivity index (χ4v) is 4.07. The van der Waals surface area contributed by atoms with Crippen molar-refractivity contribution in [3.8, 4) is 0 Å². The van der Waals surface area contributed by atoms with Gasteiger partial charge in [-0.15, -0.1) is 0 Å². The fraction of sp³-hybridized carbons (Fsp3) is 0.389. The SMILES string of the molecule is O=C1C=C2C(=O)C3CCCCC3C(=O)C2C(c2ccco2)=C1. The molecule has 0 N–H and O–H groups in total. The highest BCUT2D eigenvalue weighted by Crippen LogP contribution is 2.46. The molecule has 3 unspecified atom stereocenters. The molecule has 1 heterocycles. The molecule has 0 spiro atoms. The Morgan fingerprint density at radius 2 is 1.68 bits per heavy atom. The van der Waals surface area contributed by atoms with E-state index in [0.717, 1.165) is 25.7 Å². The molecule has 0 aromatic carbocycles. The largest absolute Gasteiger partial charge is 0.465 e. The Hall–Kier alpha value is -2.23. The zero-order valence-electron chi connectivity index (χ0n) is 12.1. The first-order valence-corrected chi connectivity index (χ1v) is 7.76. The van der Waals surface area contributed by atoms with Crippen molar-refractivity contribution in [2.24, 2.45) is 17.8 Å². The molecule has 0 bridgehead atoms. The second kappa shape index (κ2) is 4.90. The molecular formula is C18H16O4. The van der Waals surface area contributed by atoms with E-state index in [1.807, 2.05) is 0 Å². The van der Waals surface area contributed by atoms with Crippen molar-refractivity contribution >= 4 is 22.9 Å². The highest BCUT2D eigenvalue weighted by atomic mass is 16.3. The van der Waals surface area contributed by atoms with Gasteiger partial charge in [0.2, 0.25) is 0 Å². The van der Waals surface area contributed by atoms with E-state index in [9.17, 15) is 14.4 Å². The van der Waals surface area contributed by atoms with Crippen LogP contribution in [0.1, 0.15) is 31.4 Å².